The molecule has 0 aromatic rings. The van der Waals surface area contributed by atoms with E-state index < -0.39 is 0 Å². The molecule has 1 aliphatic rings. The number of carbonyl (C=O) groups excluding carboxylic acids is 1. The maximum atomic E-state index is 10.5. The van der Waals surface area contributed by atoms with Crippen LogP contribution in [0.2, 0.25) is 0 Å². The quantitative estimate of drug-likeness (QED) is 0.542. The van der Waals surface area contributed by atoms with Gasteiger partial charge >= 0.3 is 0 Å². The molecule has 1 saturated heterocycles. The Balaban J connectivity index is 2.34. The molecule has 1 aliphatic heterocycles. The van der Waals surface area contributed by atoms with Gasteiger partial charge in [0.05, 0.1) is 0 Å². The highest BCUT2D eigenvalue weighted by Gasteiger charge is 2.14. The van der Waals surface area contributed by atoms with E-state index in [-0.39, 0.29) is 5.91 Å². The van der Waals surface area contributed by atoms with Crippen LogP contribution in [0.3, 0.4) is 0 Å². The van der Waals surface area contributed by atoms with Crippen molar-refractivity contribution in [2.24, 2.45) is 0 Å². The molecule has 1 amide bonds. The summed E-state index contributed by atoms with van der Waals surface area (Å²) in [6, 6.07) is 0. The number of hydrogen-bond acceptors (Lipinski definition) is 1. The van der Waals surface area contributed by atoms with Crippen molar-refractivity contribution in [3.63, 3.8) is 0 Å². The smallest absolute Gasteiger partial charge is 0.221 e. The monoisotopic (exact) mass is 177 g/mol. The van der Waals surface area contributed by atoms with Gasteiger partial charge in [-0.15, -0.1) is 0 Å². The minimum Gasteiger partial charge on any atom is -0.356 e. The van der Waals surface area contributed by atoms with Gasteiger partial charge in [-0.3, -0.25) is 4.79 Å². The van der Waals surface area contributed by atoms with Crippen LogP contribution in [0.25, 0.3) is 0 Å². The lowest BCUT2D eigenvalue weighted by molar-refractivity contribution is -0.121. The summed E-state index contributed by atoms with van der Waals surface area (Å²) in [4.78, 5) is 10.9. The van der Waals surface area contributed by atoms with Crippen LogP contribution in [0.5, 0.6) is 0 Å². The fourth-order valence-corrected chi connectivity index (χ4v) is 1.27. The first-order valence-electron chi connectivity index (χ1n) is 2.70. The number of piperidine rings is 1. The van der Waals surface area contributed by atoms with Gasteiger partial charge < -0.3 is 5.32 Å². The predicted molar refractivity (Wildman–Crippen MR) is 35.0 cm³/mol. The molecule has 1 unspecified atom stereocenters. The van der Waals surface area contributed by atoms with Gasteiger partial charge in [-0.2, -0.15) is 0 Å². The van der Waals surface area contributed by atoms with Crippen LogP contribution in [0.1, 0.15) is 12.8 Å². The average Bonchev–Trinajstić information content (AvgIpc) is 1.64. The predicted octanol–water partition coefficient (Wildman–Crippen LogP) is 0.660. The first kappa shape index (κ1) is 6.08. The zero-order valence-electron chi connectivity index (χ0n) is 4.48. The van der Waals surface area contributed by atoms with E-state index in [1.54, 1.807) is 0 Å². The van der Waals surface area contributed by atoms with Gasteiger partial charge in [0.15, 0.2) is 0 Å². The first-order chi connectivity index (χ1) is 3.79. The summed E-state index contributed by atoms with van der Waals surface area (Å²) in [5, 5.41) is 2.74. The molecule has 0 spiro atoms. The van der Waals surface area contributed by atoms with Gasteiger partial charge in [-0.1, -0.05) is 15.9 Å². The largest absolute Gasteiger partial charge is 0.356 e. The van der Waals surface area contributed by atoms with Crippen molar-refractivity contribution in [2.75, 3.05) is 6.54 Å². The van der Waals surface area contributed by atoms with Gasteiger partial charge in [-0.25, -0.2) is 0 Å². The molecule has 3 heteroatoms. The third-order valence-electron chi connectivity index (χ3n) is 1.19. The molecule has 46 valence electrons. The third kappa shape index (κ3) is 1.47. The topological polar surface area (TPSA) is 29.1 Å². The molecule has 2 nitrogen and oxygen atoms in total. The Morgan fingerprint density at radius 1 is 1.75 bits per heavy atom. The summed E-state index contributed by atoms with van der Waals surface area (Å²) in [6.45, 7) is 0.828. The molecular weight excluding hydrogens is 170 g/mol. The van der Waals surface area contributed by atoms with Crippen LogP contribution in [0.15, 0.2) is 0 Å². The Morgan fingerprint density at radius 2 is 2.50 bits per heavy atom. The van der Waals surface area contributed by atoms with Crippen molar-refractivity contribution < 1.29 is 4.79 Å². The Bertz CT molecular complexity index is 105. The standard InChI is InChI=1S/C5H8BrNO/c6-4-1-2-7-5(8)3-4/h4H,1-3H2,(H,7,8). The zero-order chi connectivity index (χ0) is 5.98. The zero-order valence-corrected chi connectivity index (χ0v) is 6.07. The minimum atomic E-state index is 0.165. The Morgan fingerprint density at radius 3 is 2.88 bits per heavy atom. The van der Waals surface area contributed by atoms with E-state index in [1.165, 1.54) is 0 Å². The molecule has 0 bridgehead atoms. The molecule has 1 atom stereocenters. The molecule has 0 aromatic carbocycles. The molecule has 0 saturated carbocycles. The maximum absolute atomic E-state index is 10.5. The van der Waals surface area contributed by atoms with E-state index in [0.717, 1.165) is 13.0 Å². The Hall–Kier alpha value is -0.0500. The molecule has 0 radical (unpaired) electrons. The van der Waals surface area contributed by atoms with E-state index in [1.807, 2.05) is 0 Å². The Labute approximate surface area is 56.8 Å². The molecule has 0 aliphatic carbocycles. The van der Waals surface area contributed by atoms with E-state index in [0.29, 0.717) is 11.2 Å². The number of hydrogen-bond donors (Lipinski definition) is 1. The van der Waals surface area contributed by atoms with Gasteiger partial charge in [-0.05, 0) is 6.42 Å². The number of carbonyl (C=O) groups is 1. The van der Waals surface area contributed by atoms with Crippen molar-refractivity contribution in [2.45, 2.75) is 17.7 Å². The van der Waals surface area contributed by atoms with Crippen LogP contribution in [0.4, 0.5) is 0 Å². The third-order valence-corrected chi connectivity index (χ3v) is 1.97. The van der Waals surface area contributed by atoms with Gasteiger partial charge in [0, 0.05) is 17.8 Å². The summed E-state index contributed by atoms with van der Waals surface area (Å²) in [5.74, 6) is 0.165. The first-order valence-corrected chi connectivity index (χ1v) is 3.61. The maximum Gasteiger partial charge on any atom is 0.221 e. The summed E-state index contributed by atoms with van der Waals surface area (Å²) in [6.07, 6.45) is 1.70. The van der Waals surface area contributed by atoms with Crippen LogP contribution >= 0.6 is 15.9 Å². The van der Waals surface area contributed by atoms with Crippen molar-refractivity contribution in [3.8, 4) is 0 Å². The number of nitrogens with one attached hydrogen (secondary N) is 1. The Kier molecular flexibility index (Phi) is 1.89. The van der Waals surface area contributed by atoms with E-state index in [4.69, 9.17) is 0 Å². The minimum absolute atomic E-state index is 0.165. The molecule has 1 N–H and O–H groups in total. The van der Waals surface area contributed by atoms with E-state index in [9.17, 15) is 4.79 Å². The molecule has 1 fully saturated rings. The van der Waals surface area contributed by atoms with Crippen molar-refractivity contribution in [3.05, 3.63) is 0 Å². The summed E-state index contributed by atoms with van der Waals surface area (Å²) in [5.41, 5.74) is 0. The molecule has 0 aromatic heterocycles. The second-order valence-electron chi connectivity index (χ2n) is 1.94. The van der Waals surface area contributed by atoms with Crippen LogP contribution in [-0.4, -0.2) is 17.3 Å². The van der Waals surface area contributed by atoms with Crippen LogP contribution in [0, 0.1) is 0 Å². The number of rotatable bonds is 0. The summed E-state index contributed by atoms with van der Waals surface area (Å²) in [7, 11) is 0. The van der Waals surface area contributed by atoms with E-state index in [2.05, 4.69) is 21.2 Å². The number of alkyl halides is 1. The molecule has 1 heterocycles. The average molecular weight is 178 g/mol. The normalized spacial score (nSPS) is 29.6. The summed E-state index contributed by atoms with van der Waals surface area (Å²) >= 11 is 3.37. The molecular formula is C5H8BrNO. The summed E-state index contributed by atoms with van der Waals surface area (Å²) < 4.78 is 0. The molecule has 8 heavy (non-hydrogen) atoms. The lowest BCUT2D eigenvalue weighted by Gasteiger charge is -2.15. The SMILES string of the molecule is O=C1CC(Br)CCN1. The highest BCUT2D eigenvalue weighted by Crippen LogP contribution is 2.11. The van der Waals surface area contributed by atoms with Crippen LogP contribution < -0.4 is 5.32 Å². The highest BCUT2D eigenvalue weighted by atomic mass is 79.9. The fraction of sp³-hybridized carbons (Fsp3) is 0.800. The van der Waals surface area contributed by atoms with Gasteiger partial charge in [0.1, 0.15) is 0 Å². The lowest BCUT2D eigenvalue weighted by atomic mass is 10.2. The second kappa shape index (κ2) is 2.49. The molecule has 1 rings (SSSR count). The van der Waals surface area contributed by atoms with Crippen molar-refractivity contribution in [1.29, 1.82) is 0 Å². The lowest BCUT2D eigenvalue weighted by Crippen LogP contribution is -2.33. The van der Waals surface area contributed by atoms with E-state index >= 15 is 0 Å². The van der Waals surface area contributed by atoms with Crippen LogP contribution in [-0.2, 0) is 4.79 Å². The van der Waals surface area contributed by atoms with Crippen molar-refractivity contribution in [1.82, 2.24) is 5.32 Å². The van der Waals surface area contributed by atoms with Gasteiger partial charge in [0.25, 0.3) is 0 Å². The second-order valence-corrected chi connectivity index (χ2v) is 3.23. The number of halogens is 1. The fourth-order valence-electron chi connectivity index (χ4n) is 0.744. The number of amides is 1. The van der Waals surface area contributed by atoms with Crippen molar-refractivity contribution >= 4 is 21.8 Å². The van der Waals surface area contributed by atoms with Gasteiger partial charge in [0.2, 0.25) is 5.91 Å². The highest BCUT2D eigenvalue weighted by molar-refractivity contribution is 9.09.